The highest BCUT2D eigenvalue weighted by Crippen LogP contribution is 2.26. The van der Waals surface area contributed by atoms with Crippen LogP contribution < -0.4 is 14.8 Å². The minimum absolute atomic E-state index is 0.00396. The van der Waals surface area contributed by atoms with Crippen molar-refractivity contribution in [3.8, 4) is 17.6 Å². The average molecular weight is 603 g/mol. The van der Waals surface area contributed by atoms with E-state index in [9.17, 15) is 10.1 Å². The van der Waals surface area contributed by atoms with Crippen LogP contribution in [0.3, 0.4) is 0 Å². The van der Waals surface area contributed by atoms with Crippen LogP contribution in [0.5, 0.6) is 11.5 Å². The maximum absolute atomic E-state index is 12.6. The predicted octanol–water partition coefficient (Wildman–Crippen LogP) is 5.86. The minimum Gasteiger partial charge on any atom is -0.497 e. The van der Waals surface area contributed by atoms with Gasteiger partial charge in [0.1, 0.15) is 29.7 Å². The minimum atomic E-state index is -0.452. The van der Waals surface area contributed by atoms with Crippen molar-refractivity contribution in [1.29, 1.82) is 5.26 Å². The zero-order valence-electron chi connectivity index (χ0n) is 17.3. The number of halogens is 2. The van der Waals surface area contributed by atoms with Crippen molar-refractivity contribution in [2.24, 2.45) is 0 Å². The normalized spacial score (nSPS) is 10.9. The van der Waals surface area contributed by atoms with E-state index in [1.807, 2.05) is 72.8 Å². The summed E-state index contributed by atoms with van der Waals surface area (Å²) >= 11 is 5.70. The third-order valence-corrected chi connectivity index (χ3v) is 5.77. The van der Waals surface area contributed by atoms with Crippen LogP contribution >= 0.6 is 38.5 Å². The first-order valence-electron chi connectivity index (χ1n) is 9.68. The van der Waals surface area contributed by atoms with Gasteiger partial charge in [-0.05, 0) is 82.3 Å². The molecule has 0 radical (unpaired) electrons. The first-order valence-corrected chi connectivity index (χ1v) is 11.6. The van der Waals surface area contributed by atoms with Crippen molar-refractivity contribution in [1.82, 2.24) is 5.32 Å². The number of rotatable bonds is 8. The molecular formula is C25H20BrIN2O3. The molecule has 0 aliphatic carbocycles. The molecule has 0 atom stereocenters. The quantitative estimate of drug-likeness (QED) is 0.199. The monoisotopic (exact) mass is 602 g/mol. The molecule has 3 aromatic rings. The number of nitrogens with one attached hydrogen (secondary N) is 1. The van der Waals surface area contributed by atoms with Gasteiger partial charge in [0.05, 0.1) is 7.11 Å². The number of methoxy groups -OCH3 is 1. The lowest BCUT2D eigenvalue weighted by Gasteiger charge is -2.11. The van der Waals surface area contributed by atoms with Crippen molar-refractivity contribution >= 4 is 50.5 Å². The topological polar surface area (TPSA) is 71.3 Å². The van der Waals surface area contributed by atoms with Gasteiger partial charge in [-0.15, -0.1) is 0 Å². The van der Waals surface area contributed by atoms with Crippen LogP contribution in [0.2, 0.25) is 0 Å². The number of carbonyl (C=O) groups excluding carboxylic acids is 1. The second-order valence-electron chi connectivity index (χ2n) is 6.80. The van der Waals surface area contributed by atoms with E-state index < -0.39 is 5.91 Å². The Morgan fingerprint density at radius 3 is 2.44 bits per heavy atom. The smallest absolute Gasteiger partial charge is 0.262 e. The van der Waals surface area contributed by atoms with Gasteiger partial charge in [0.15, 0.2) is 0 Å². The average Bonchev–Trinajstić information content (AvgIpc) is 2.81. The number of benzene rings is 3. The van der Waals surface area contributed by atoms with Gasteiger partial charge in [-0.25, -0.2) is 0 Å². The lowest BCUT2D eigenvalue weighted by atomic mass is 10.1. The molecule has 0 unspecified atom stereocenters. The fraction of sp³-hybridized carbons (Fsp3) is 0.120. The Morgan fingerprint density at radius 1 is 1.09 bits per heavy atom. The summed E-state index contributed by atoms with van der Waals surface area (Å²) in [5.41, 5.74) is 2.57. The van der Waals surface area contributed by atoms with E-state index in [2.05, 4.69) is 43.8 Å². The molecule has 7 heteroatoms. The predicted molar refractivity (Wildman–Crippen MR) is 136 cm³/mol. The number of carbonyl (C=O) groups is 1. The van der Waals surface area contributed by atoms with Gasteiger partial charge >= 0.3 is 0 Å². The summed E-state index contributed by atoms with van der Waals surface area (Å²) in [6.45, 7) is 0.682. The van der Waals surface area contributed by atoms with Crippen LogP contribution in [0.15, 0.2) is 76.8 Å². The summed E-state index contributed by atoms with van der Waals surface area (Å²) in [5.74, 6) is 0.874. The third-order valence-electron chi connectivity index (χ3n) is 4.56. The zero-order valence-corrected chi connectivity index (χ0v) is 21.0. The molecule has 162 valence electrons. The van der Waals surface area contributed by atoms with E-state index in [4.69, 9.17) is 9.47 Å². The Kier molecular flexibility index (Phi) is 8.71. The Bertz CT molecular complexity index is 1150. The highest BCUT2D eigenvalue weighted by molar-refractivity contribution is 14.1. The molecular weight excluding hydrogens is 583 g/mol. The molecule has 3 rings (SSSR count). The molecule has 0 saturated carbocycles. The molecule has 0 aromatic heterocycles. The summed E-state index contributed by atoms with van der Waals surface area (Å²) in [6, 6.07) is 22.9. The summed E-state index contributed by atoms with van der Waals surface area (Å²) in [6.07, 6.45) is 1.54. The van der Waals surface area contributed by atoms with Crippen molar-refractivity contribution in [3.63, 3.8) is 0 Å². The molecule has 3 aromatic carbocycles. The number of hydrogen-bond acceptors (Lipinski definition) is 4. The van der Waals surface area contributed by atoms with E-state index in [-0.39, 0.29) is 5.57 Å². The van der Waals surface area contributed by atoms with Crippen LogP contribution in [0.25, 0.3) is 6.08 Å². The van der Waals surface area contributed by atoms with Gasteiger partial charge in [0.25, 0.3) is 5.91 Å². The first-order chi connectivity index (χ1) is 15.5. The van der Waals surface area contributed by atoms with Gasteiger partial charge in [-0.3, -0.25) is 4.79 Å². The molecule has 1 amide bonds. The second kappa shape index (κ2) is 11.7. The SMILES string of the molecule is COc1ccc(CNC(=O)/C(C#N)=C\c2cc(Br)ccc2OCc2ccc(I)cc2)cc1. The first kappa shape index (κ1) is 23.8. The maximum Gasteiger partial charge on any atom is 0.262 e. The van der Waals surface area contributed by atoms with Crippen molar-refractivity contribution < 1.29 is 14.3 Å². The van der Waals surface area contributed by atoms with E-state index in [0.717, 1.165) is 24.9 Å². The standard InChI is InChI=1S/C25H20BrIN2O3/c1-31-23-9-4-17(5-10-23)15-29-25(30)20(14-28)12-19-13-21(26)6-11-24(19)32-16-18-2-7-22(27)8-3-18/h2-13H,15-16H2,1H3,(H,29,30)/b20-12-. The van der Waals surface area contributed by atoms with Crippen LogP contribution in [0.4, 0.5) is 0 Å². The molecule has 0 spiro atoms. The van der Waals surface area contributed by atoms with Gasteiger partial charge in [-0.2, -0.15) is 5.26 Å². The number of hydrogen-bond donors (Lipinski definition) is 1. The fourth-order valence-electron chi connectivity index (χ4n) is 2.83. The van der Waals surface area contributed by atoms with Crippen LogP contribution in [-0.4, -0.2) is 13.0 Å². The molecule has 0 bridgehead atoms. The highest BCUT2D eigenvalue weighted by Gasteiger charge is 2.12. The van der Waals surface area contributed by atoms with Crippen molar-refractivity contribution in [3.05, 3.63) is 97.0 Å². The van der Waals surface area contributed by atoms with Crippen LogP contribution in [0, 0.1) is 14.9 Å². The Morgan fingerprint density at radius 2 is 1.78 bits per heavy atom. The number of nitriles is 1. The van der Waals surface area contributed by atoms with E-state index >= 15 is 0 Å². The summed E-state index contributed by atoms with van der Waals surface area (Å²) in [4.78, 5) is 12.6. The van der Waals surface area contributed by atoms with Crippen LogP contribution in [0.1, 0.15) is 16.7 Å². The molecule has 0 fully saturated rings. The number of amides is 1. The van der Waals surface area contributed by atoms with E-state index in [1.165, 1.54) is 6.08 Å². The van der Waals surface area contributed by atoms with Gasteiger partial charge < -0.3 is 14.8 Å². The van der Waals surface area contributed by atoms with Crippen LogP contribution in [-0.2, 0) is 17.9 Å². The van der Waals surface area contributed by atoms with Gasteiger partial charge in [-0.1, -0.05) is 40.2 Å². The van der Waals surface area contributed by atoms with Crippen molar-refractivity contribution in [2.45, 2.75) is 13.2 Å². The van der Waals surface area contributed by atoms with Gasteiger partial charge in [0, 0.05) is 20.2 Å². The molecule has 0 saturated heterocycles. The Labute approximate surface area is 209 Å². The molecule has 1 N–H and O–H groups in total. The number of ether oxygens (including phenoxy) is 2. The lowest BCUT2D eigenvalue weighted by molar-refractivity contribution is -0.117. The Balaban J connectivity index is 1.73. The Hall–Kier alpha value is -2.83. The van der Waals surface area contributed by atoms with Gasteiger partial charge in [0.2, 0.25) is 0 Å². The maximum atomic E-state index is 12.6. The molecule has 5 nitrogen and oxygen atoms in total. The summed E-state index contributed by atoms with van der Waals surface area (Å²) in [7, 11) is 1.60. The molecule has 0 heterocycles. The largest absolute Gasteiger partial charge is 0.497 e. The molecule has 0 aliphatic rings. The third kappa shape index (κ3) is 6.84. The number of nitrogens with zero attached hydrogens (tertiary/aromatic N) is 1. The van der Waals surface area contributed by atoms with E-state index in [0.29, 0.717) is 24.5 Å². The fourth-order valence-corrected chi connectivity index (χ4v) is 3.57. The lowest BCUT2D eigenvalue weighted by Crippen LogP contribution is -2.23. The second-order valence-corrected chi connectivity index (χ2v) is 8.96. The summed E-state index contributed by atoms with van der Waals surface area (Å²) in [5, 5.41) is 12.3. The van der Waals surface area contributed by atoms with Crippen molar-refractivity contribution in [2.75, 3.05) is 7.11 Å². The zero-order chi connectivity index (χ0) is 22.9. The van der Waals surface area contributed by atoms with E-state index in [1.54, 1.807) is 7.11 Å². The molecule has 32 heavy (non-hydrogen) atoms. The summed E-state index contributed by atoms with van der Waals surface area (Å²) < 4.78 is 13.1. The molecule has 0 aliphatic heterocycles. The highest BCUT2D eigenvalue weighted by atomic mass is 127.